The number of allylic oxidation sites excluding steroid dienone is 2. The molecule has 0 spiro atoms. The van der Waals surface area contributed by atoms with Crippen LogP contribution in [-0.4, -0.2) is 96.0 Å². The minimum absolute atomic E-state index is 0.167. The molecule has 0 amide bonds. The molecule has 0 bridgehead atoms. The van der Waals surface area contributed by atoms with E-state index < -0.39 is 71.2 Å². The first-order valence-electron chi connectivity index (χ1n) is 25.2. The van der Waals surface area contributed by atoms with Crippen LogP contribution >= 0.6 is 0 Å². The summed E-state index contributed by atoms with van der Waals surface area (Å²) >= 11 is 0. The molecule has 1 fully saturated rings. The van der Waals surface area contributed by atoms with Gasteiger partial charge in [0.25, 0.3) is 10.1 Å². The molecule has 0 saturated carbocycles. The zero-order chi connectivity index (χ0) is 45.5. The second-order valence-corrected chi connectivity index (χ2v) is 19.3. The molecule has 1 heterocycles. The van der Waals surface area contributed by atoms with E-state index in [0.717, 1.165) is 38.5 Å². The van der Waals surface area contributed by atoms with E-state index in [4.69, 9.17) is 18.9 Å². The van der Waals surface area contributed by atoms with Crippen LogP contribution in [-0.2, 0) is 38.7 Å². The van der Waals surface area contributed by atoms with Crippen molar-refractivity contribution in [1.29, 1.82) is 0 Å². The van der Waals surface area contributed by atoms with Crippen molar-refractivity contribution in [3.05, 3.63) is 12.2 Å². The Morgan fingerprint density at radius 2 is 0.919 bits per heavy atom. The van der Waals surface area contributed by atoms with Gasteiger partial charge in [-0.05, 0) is 38.5 Å². The molecule has 62 heavy (non-hydrogen) atoms. The van der Waals surface area contributed by atoms with Gasteiger partial charge in [-0.15, -0.1) is 0 Å². The molecule has 0 aromatic heterocycles. The lowest BCUT2D eigenvalue weighted by Gasteiger charge is -2.40. The minimum atomic E-state index is -4.60. The van der Waals surface area contributed by atoms with E-state index in [-0.39, 0.29) is 19.4 Å². The number of hydrogen-bond acceptors (Lipinski definition) is 11. The molecule has 1 saturated heterocycles. The van der Waals surface area contributed by atoms with Crippen LogP contribution in [0.5, 0.6) is 0 Å². The average Bonchev–Trinajstić information content (AvgIpc) is 3.24. The minimum Gasteiger partial charge on any atom is -0.462 e. The highest BCUT2D eigenvalue weighted by Crippen LogP contribution is 2.24. The third-order valence-corrected chi connectivity index (χ3v) is 12.6. The van der Waals surface area contributed by atoms with E-state index in [1.54, 1.807) is 0 Å². The summed E-state index contributed by atoms with van der Waals surface area (Å²) in [7, 11) is -4.60. The van der Waals surface area contributed by atoms with Crippen molar-refractivity contribution in [3.8, 4) is 0 Å². The maximum atomic E-state index is 12.9. The molecule has 0 aromatic carbocycles. The Balaban J connectivity index is 2.38. The number of hydrogen-bond donors (Lipinski definition) is 4. The number of ether oxygens (including phenoxy) is 4. The van der Waals surface area contributed by atoms with Gasteiger partial charge < -0.3 is 34.3 Å². The predicted octanol–water partition coefficient (Wildman–Crippen LogP) is 11.0. The first-order chi connectivity index (χ1) is 30.0. The van der Waals surface area contributed by atoms with Gasteiger partial charge in [0.05, 0.1) is 6.61 Å². The number of rotatable bonds is 43. The SMILES string of the molecule is CCCCCCCCCCC/C=C/CCCCC(=O)OC[C@H](CO[C@H]1O[C@H](CS(=O)(=O)O)[C@@H](O)C(O)C1O)OC(=O)CCCCCCCCCCCCCCCCCCCCC. The van der Waals surface area contributed by atoms with Crippen LogP contribution in [0.1, 0.15) is 232 Å². The van der Waals surface area contributed by atoms with Crippen LogP contribution < -0.4 is 0 Å². The van der Waals surface area contributed by atoms with Crippen molar-refractivity contribution < 1.29 is 56.8 Å². The molecule has 1 aliphatic heterocycles. The lowest BCUT2D eigenvalue weighted by Crippen LogP contribution is -2.60. The number of unbranched alkanes of at least 4 members (excludes halogenated alkanes) is 29. The third-order valence-electron chi connectivity index (χ3n) is 11.8. The number of esters is 2. The zero-order valence-electron chi connectivity index (χ0n) is 39.2. The molecule has 2 unspecified atom stereocenters. The summed E-state index contributed by atoms with van der Waals surface area (Å²) in [5, 5.41) is 30.9. The molecule has 6 atom stereocenters. The van der Waals surface area contributed by atoms with Crippen molar-refractivity contribution >= 4 is 22.1 Å². The number of aliphatic hydroxyl groups is 3. The maximum Gasteiger partial charge on any atom is 0.306 e. The molecule has 0 aliphatic carbocycles. The first kappa shape index (κ1) is 58.4. The summed E-state index contributed by atoms with van der Waals surface area (Å²) in [4.78, 5) is 25.5. The summed E-state index contributed by atoms with van der Waals surface area (Å²) in [6.45, 7) is 3.78. The van der Waals surface area contributed by atoms with Crippen LogP contribution in [0.25, 0.3) is 0 Å². The fourth-order valence-corrected chi connectivity index (χ4v) is 8.60. The smallest absolute Gasteiger partial charge is 0.306 e. The van der Waals surface area contributed by atoms with Crippen LogP contribution in [0.3, 0.4) is 0 Å². The highest BCUT2D eigenvalue weighted by Gasteiger charge is 2.46. The van der Waals surface area contributed by atoms with Gasteiger partial charge in [-0.2, -0.15) is 8.42 Å². The predicted molar refractivity (Wildman–Crippen MR) is 247 cm³/mol. The number of carbonyl (C=O) groups excluding carboxylic acids is 2. The van der Waals surface area contributed by atoms with Crippen molar-refractivity contribution in [2.45, 2.75) is 269 Å². The molecular weight excluding hydrogens is 813 g/mol. The van der Waals surface area contributed by atoms with Crippen LogP contribution in [0.2, 0.25) is 0 Å². The molecule has 12 nitrogen and oxygen atoms in total. The summed E-state index contributed by atoms with van der Waals surface area (Å²) in [6, 6.07) is 0. The Morgan fingerprint density at radius 3 is 1.37 bits per heavy atom. The van der Waals surface area contributed by atoms with Crippen molar-refractivity contribution in [3.63, 3.8) is 0 Å². The van der Waals surface area contributed by atoms with E-state index in [0.29, 0.717) is 12.8 Å². The van der Waals surface area contributed by atoms with Crippen molar-refractivity contribution in [2.24, 2.45) is 0 Å². The maximum absolute atomic E-state index is 12.9. The second-order valence-electron chi connectivity index (χ2n) is 17.8. The van der Waals surface area contributed by atoms with Gasteiger partial charge in [0, 0.05) is 12.8 Å². The Kier molecular flexibility index (Phi) is 37.4. The summed E-state index contributed by atoms with van der Waals surface area (Å²) in [6.07, 6.45) is 34.0. The lowest BCUT2D eigenvalue weighted by molar-refractivity contribution is -0.297. The normalized spacial score (nSPS) is 19.9. The second kappa shape index (κ2) is 39.7. The van der Waals surface area contributed by atoms with E-state index in [2.05, 4.69) is 26.0 Å². The molecule has 1 rings (SSSR count). The number of aliphatic hydroxyl groups excluding tert-OH is 3. The quantitative estimate of drug-likeness (QED) is 0.0197. The Morgan fingerprint density at radius 1 is 0.532 bits per heavy atom. The Hall–Kier alpha value is -1.61. The summed E-state index contributed by atoms with van der Waals surface area (Å²) in [5.41, 5.74) is 0. The molecule has 0 radical (unpaired) electrons. The molecular formula is C49H92O12S. The summed E-state index contributed by atoms with van der Waals surface area (Å²) in [5.74, 6) is -1.99. The summed E-state index contributed by atoms with van der Waals surface area (Å²) < 4.78 is 54.2. The Bertz CT molecular complexity index is 1200. The fourth-order valence-electron chi connectivity index (χ4n) is 7.91. The molecule has 366 valence electrons. The molecule has 4 N–H and O–H groups in total. The average molecular weight is 905 g/mol. The lowest BCUT2D eigenvalue weighted by atomic mass is 10.00. The third kappa shape index (κ3) is 33.8. The van der Waals surface area contributed by atoms with Gasteiger partial charge in [0.15, 0.2) is 12.4 Å². The first-order valence-corrected chi connectivity index (χ1v) is 26.9. The van der Waals surface area contributed by atoms with E-state index in [1.807, 2.05) is 0 Å². The van der Waals surface area contributed by atoms with Crippen LogP contribution in [0.4, 0.5) is 0 Å². The van der Waals surface area contributed by atoms with Gasteiger partial charge in [-0.3, -0.25) is 14.1 Å². The molecule has 0 aromatic rings. The monoisotopic (exact) mass is 905 g/mol. The van der Waals surface area contributed by atoms with E-state index in [9.17, 15) is 37.9 Å². The van der Waals surface area contributed by atoms with Gasteiger partial charge >= 0.3 is 11.9 Å². The van der Waals surface area contributed by atoms with Gasteiger partial charge in [0.2, 0.25) is 0 Å². The highest BCUT2D eigenvalue weighted by atomic mass is 32.2. The Labute approximate surface area is 377 Å². The molecule has 1 aliphatic rings. The van der Waals surface area contributed by atoms with E-state index >= 15 is 0 Å². The van der Waals surface area contributed by atoms with Crippen LogP contribution in [0.15, 0.2) is 12.2 Å². The van der Waals surface area contributed by atoms with Gasteiger partial charge in [-0.25, -0.2) is 0 Å². The van der Waals surface area contributed by atoms with Crippen molar-refractivity contribution in [2.75, 3.05) is 19.0 Å². The number of carbonyl (C=O) groups is 2. The zero-order valence-corrected chi connectivity index (χ0v) is 40.1. The highest BCUT2D eigenvalue weighted by molar-refractivity contribution is 7.85. The molecule has 13 heteroatoms. The standard InChI is InChI=1S/C49H92O12S/c1-3-5-7-9-11-13-15-17-19-20-21-22-24-26-28-30-32-34-36-38-45(51)60-42(40-59-49-48(54)47(53)46(52)43(61-49)41-62(55,56)57)39-58-44(50)37-35-33-31-29-27-25-23-18-16-14-12-10-8-6-4-2/h27,29,42-43,46-49,52-54H,3-26,28,30-41H2,1-2H3,(H,55,56,57)/b29-27+/t42-,43-,46-,47?,48?,49+/m1/s1. The topological polar surface area (TPSA) is 186 Å². The van der Waals surface area contributed by atoms with Crippen molar-refractivity contribution in [1.82, 2.24) is 0 Å². The largest absolute Gasteiger partial charge is 0.462 e. The van der Waals surface area contributed by atoms with E-state index in [1.165, 1.54) is 154 Å². The van der Waals surface area contributed by atoms with Gasteiger partial charge in [0.1, 0.15) is 36.8 Å². The van der Waals surface area contributed by atoms with Gasteiger partial charge in [-0.1, -0.05) is 193 Å². The fraction of sp³-hybridized carbons (Fsp3) is 0.918. The van der Waals surface area contributed by atoms with Crippen LogP contribution in [0, 0.1) is 0 Å².